The van der Waals surface area contributed by atoms with E-state index >= 15 is 0 Å². The number of carbonyl (C=O) groups is 1. The number of benzene rings is 1. The number of nitrogens with zero attached hydrogens (tertiary/aromatic N) is 4. The monoisotopic (exact) mass is 380 g/mol. The summed E-state index contributed by atoms with van der Waals surface area (Å²) in [4.78, 5) is 26.7. The van der Waals surface area contributed by atoms with Gasteiger partial charge in [-0.25, -0.2) is 22.6 Å². The maximum absolute atomic E-state index is 13.5. The Balaban J connectivity index is 1.61. The molecule has 9 heteroatoms. The van der Waals surface area contributed by atoms with Crippen LogP contribution in [0, 0.1) is 5.82 Å². The van der Waals surface area contributed by atoms with E-state index in [1.165, 1.54) is 21.4 Å². The molecule has 2 aliphatic rings. The van der Waals surface area contributed by atoms with Gasteiger partial charge in [-0.05, 0) is 30.5 Å². The second kappa shape index (κ2) is 6.54. The summed E-state index contributed by atoms with van der Waals surface area (Å²) in [5, 5.41) is 4.31. The molecular weight excluding hydrogens is 361 g/mol. The highest BCUT2D eigenvalue weighted by Gasteiger charge is 2.43. The predicted molar refractivity (Wildman–Crippen MR) is 90.1 cm³/mol. The molecule has 1 fully saturated rings. The number of rotatable bonds is 3. The molecular formula is C18H19F3N4O2. The van der Waals surface area contributed by atoms with Gasteiger partial charge >= 0.3 is 5.69 Å². The number of hydrogen-bond acceptors (Lipinski definition) is 3. The molecule has 1 amide bonds. The maximum Gasteiger partial charge on any atom is 0.346 e. The van der Waals surface area contributed by atoms with Gasteiger partial charge in [0, 0.05) is 19.4 Å². The second-order valence-electron chi connectivity index (χ2n) is 7.13. The van der Waals surface area contributed by atoms with E-state index in [1.54, 1.807) is 12.1 Å². The highest BCUT2D eigenvalue weighted by Crippen LogP contribution is 2.31. The minimum Gasteiger partial charge on any atom is -0.335 e. The van der Waals surface area contributed by atoms with Crippen LogP contribution in [0.25, 0.3) is 0 Å². The van der Waals surface area contributed by atoms with E-state index in [2.05, 4.69) is 5.10 Å². The lowest BCUT2D eigenvalue weighted by molar-refractivity contribution is -0.135. The highest BCUT2D eigenvalue weighted by molar-refractivity contribution is 5.81. The molecule has 144 valence electrons. The SMILES string of the molecule is O=C(C1CCCc2nn(Cc3ccc(F)cc3)c(=O)n21)N1CCC(F)(F)C1. The van der Waals surface area contributed by atoms with Crippen LogP contribution in [0.4, 0.5) is 13.2 Å². The average molecular weight is 380 g/mol. The van der Waals surface area contributed by atoms with Crippen molar-refractivity contribution in [3.05, 3.63) is 52.0 Å². The minimum absolute atomic E-state index is 0.00384. The third kappa shape index (κ3) is 3.38. The number of likely N-dealkylation sites (tertiary alicyclic amines) is 1. The zero-order chi connectivity index (χ0) is 19.2. The smallest absolute Gasteiger partial charge is 0.335 e. The van der Waals surface area contributed by atoms with Crippen molar-refractivity contribution in [2.24, 2.45) is 0 Å². The quantitative estimate of drug-likeness (QED) is 0.818. The van der Waals surface area contributed by atoms with E-state index in [0.717, 1.165) is 4.90 Å². The molecule has 4 rings (SSSR count). The number of halogens is 3. The third-order valence-corrected chi connectivity index (χ3v) is 5.14. The molecule has 1 aromatic carbocycles. The predicted octanol–water partition coefficient (Wildman–Crippen LogP) is 1.98. The number of aromatic nitrogens is 3. The molecule has 1 unspecified atom stereocenters. The van der Waals surface area contributed by atoms with Crippen LogP contribution in [0.5, 0.6) is 0 Å². The van der Waals surface area contributed by atoms with Crippen LogP contribution in [0.3, 0.4) is 0 Å². The largest absolute Gasteiger partial charge is 0.346 e. The number of aryl methyl sites for hydroxylation is 1. The van der Waals surface area contributed by atoms with Crippen molar-refractivity contribution in [3.8, 4) is 0 Å². The lowest BCUT2D eigenvalue weighted by Crippen LogP contribution is -2.42. The molecule has 0 spiro atoms. The summed E-state index contributed by atoms with van der Waals surface area (Å²) in [6, 6.07) is 4.94. The van der Waals surface area contributed by atoms with Gasteiger partial charge in [0.1, 0.15) is 17.7 Å². The van der Waals surface area contributed by atoms with Gasteiger partial charge < -0.3 is 4.90 Å². The van der Waals surface area contributed by atoms with E-state index < -0.39 is 30.1 Å². The standard InChI is InChI=1S/C18H19F3N4O2/c19-13-6-4-12(5-7-13)10-24-17(27)25-14(2-1-3-15(25)22-24)16(26)23-9-8-18(20,21)11-23/h4-7,14H,1-3,8-11H2. The van der Waals surface area contributed by atoms with Crippen molar-refractivity contribution in [1.29, 1.82) is 0 Å². The Morgan fingerprint density at radius 3 is 2.67 bits per heavy atom. The molecule has 27 heavy (non-hydrogen) atoms. The number of amides is 1. The molecule has 2 aliphatic heterocycles. The molecule has 0 aliphatic carbocycles. The maximum atomic E-state index is 13.5. The Bertz CT molecular complexity index is 920. The molecule has 6 nitrogen and oxygen atoms in total. The first-order valence-electron chi connectivity index (χ1n) is 8.93. The minimum atomic E-state index is -2.87. The van der Waals surface area contributed by atoms with E-state index in [0.29, 0.717) is 30.7 Å². The Morgan fingerprint density at radius 1 is 1.26 bits per heavy atom. The van der Waals surface area contributed by atoms with E-state index in [1.807, 2.05) is 0 Å². The number of hydrogen-bond donors (Lipinski definition) is 0. The van der Waals surface area contributed by atoms with Crippen molar-refractivity contribution in [1.82, 2.24) is 19.2 Å². The molecule has 0 saturated carbocycles. The van der Waals surface area contributed by atoms with Gasteiger partial charge in [-0.15, -0.1) is 0 Å². The molecule has 1 aromatic heterocycles. The molecule has 0 bridgehead atoms. The zero-order valence-corrected chi connectivity index (χ0v) is 14.6. The van der Waals surface area contributed by atoms with Gasteiger partial charge in [0.25, 0.3) is 5.92 Å². The summed E-state index contributed by atoms with van der Waals surface area (Å²) >= 11 is 0. The Kier molecular flexibility index (Phi) is 4.32. The highest BCUT2D eigenvalue weighted by atomic mass is 19.3. The summed E-state index contributed by atoms with van der Waals surface area (Å²) in [6.45, 7) is -0.450. The first-order valence-corrected chi connectivity index (χ1v) is 8.93. The van der Waals surface area contributed by atoms with E-state index in [-0.39, 0.29) is 25.3 Å². The van der Waals surface area contributed by atoms with Gasteiger partial charge in [0.2, 0.25) is 5.91 Å². The zero-order valence-electron chi connectivity index (χ0n) is 14.6. The molecule has 1 atom stereocenters. The van der Waals surface area contributed by atoms with Crippen LogP contribution in [0.15, 0.2) is 29.1 Å². The number of alkyl halides is 2. The fourth-order valence-corrected chi connectivity index (χ4v) is 3.77. The van der Waals surface area contributed by atoms with Gasteiger partial charge in [-0.3, -0.25) is 9.36 Å². The van der Waals surface area contributed by atoms with Crippen molar-refractivity contribution in [2.45, 2.75) is 44.2 Å². The van der Waals surface area contributed by atoms with Gasteiger partial charge in [0.05, 0.1) is 13.1 Å². The average Bonchev–Trinajstić information content (AvgIpc) is 3.16. The van der Waals surface area contributed by atoms with Crippen LogP contribution in [-0.4, -0.2) is 44.2 Å². The van der Waals surface area contributed by atoms with Crippen LogP contribution < -0.4 is 5.69 Å². The summed E-state index contributed by atoms with van der Waals surface area (Å²) < 4.78 is 42.6. The molecule has 2 aromatic rings. The summed E-state index contributed by atoms with van der Waals surface area (Å²) in [5.41, 5.74) is 0.259. The number of carbonyl (C=O) groups excluding carboxylic acids is 1. The molecule has 1 saturated heterocycles. The van der Waals surface area contributed by atoms with Gasteiger partial charge in [-0.1, -0.05) is 12.1 Å². The van der Waals surface area contributed by atoms with Crippen molar-refractivity contribution in [2.75, 3.05) is 13.1 Å². The van der Waals surface area contributed by atoms with Crippen LogP contribution in [-0.2, 0) is 17.8 Å². The number of fused-ring (bicyclic) bond motifs is 1. The first kappa shape index (κ1) is 17.8. The first-order chi connectivity index (χ1) is 12.8. The van der Waals surface area contributed by atoms with Crippen LogP contribution in [0.2, 0.25) is 0 Å². The van der Waals surface area contributed by atoms with E-state index in [9.17, 15) is 22.8 Å². The van der Waals surface area contributed by atoms with Gasteiger partial charge in [-0.2, -0.15) is 5.10 Å². The molecule has 3 heterocycles. The topological polar surface area (TPSA) is 60.1 Å². The second-order valence-corrected chi connectivity index (χ2v) is 7.13. The van der Waals surface area contributed by atoms with E-state index in [4.69, 9.17) is 0 Å². The Labute approximate surface area is 153 Å². The molecule has 0 radical (unpaired) electrons. The lowest BCUT2D eigenvalue weighted by Gasteiger charge is -2.27. The van der Waals surface area contributed by atoms with Crippen molar-refractivity contribution >= 4 is 5.91 Å². The van der Waals surface area contributed by atoms with Crippen LogP contribution >= 0.6 is 0 Å². The molecule has 0 N–H and O–H groups in total. The third-order valence-electron chi connectivity index (χ3n) is 5.14. The Morgan fingerprint density at radius 2 is 2.00 bits per heavy atom. The summed E-state index contributed by atoms with van der Waals surface area (Å²) in [6.07, 6.45) is 1.28. The summed E-state index contributed by atoms with van der Waals surface area (Å²) in [5.74, 6) is -3.21. The lowest BCUT2D eigenvalue weighted by atomic mass is 10.0. The fraction of sp³-hybridized carbons (Fsp3) is 0.500. The Hall–Kier alpha value is -2.58. The van der Waals surface area contributed by atoms with Gasteiger partial charge in [0.15, 0.2) is 0 Å². The van der Waals surface area contributed by atoms with Crippen molar-refractivity contribution < 1.29 is 18.0 Å². The normalized spacial score (nSPS) is 21.3. The summed E-state index contributed by atoms with van der Waals surface area (Å²) in [7, 11) is 0. The fourth-order valence-electron chi connectivity index (χ4n) is 3.77. The van der Waals surface area contributed by atoms with Crippen LogP contribution in [0.1, 0.15) is 36.7 Å². The van der Waals surface area contributed by atoms with Crippen molar-refractivity contribution in [3.63, 3.8) is 0 Å².